The van der Waals surface area contributed by atoms with E-state index in [0.717, 1.165) is 5.41 Å². The second-order valence-electron chi connectivity index (χ2n) is 2.82. The van der Waals surface area contributed by atoms with E-state index in [1.807, 2.05) is 0 Å². The van der Waals surface area contributed by atoms with Gasteiger partial charge in [0.15, 0.2) is 16.7 Å². The lowest BCUT2D eigenvalue weighted by molar-refractivity contribution is 0.555. The van der Waals surface area contributed by atoms with Crippen LogP contribution in [-0.2, 0) is 11.1 Å². The molecule has 15 heavy (non-hydrogen) atoms. The van der Waals surface area contributed by atoms with Gasteiger partial charge in [-0.2, -0.15) is 0 Å². The molecule has 2 N–H and O–H groups in total. The molecule has 0 fully saturated rings. The van der Waals surface area contributed by atoms with Gasteiger partial charge in [0, 0.05) is 11.0 Å². The van der Waals surface area contributed by atoms with Crippen LogP contribution >= 0.6 is 0 Å². The first-order valence-electron chi connectivity index (χ1n) is 4.06. The molecule has 1 aromatic carbocycles. The van der Waals surface area contributed by atoms with Crippen molar-refractivity contribution >= 4 is 28.3 Å². The number of oxazole rings is 1. The van der Waals surface area contributed by atoms with Crippen LogP contribution in [0.5, 0.6) is 0 Å². The van der Waals surface area contributed by atoms with Crippen LogP contribution in [0.1, 0.15) is 5.56 Å². The number of aromatic nitrogens is 1. The molecule has 1 aromatic heterocycles. The zero-order valence-corrected chi connectivity index (χ0v) is 8.28. The topological polar surface area (TPSA) is 83.3 Å². The number of hydrogen-bond acceptors (Lipinski definition) is 3. The first-order chi connectivity index (χ1) is 7.16. The zero-order valence-electron chi connectivity index (χ0n) is 7.47. The Hall–Kier alpha value is -1.66. The molecule has 0 amide bonds. The Morgan fingerprint density at radius 2 is 2.27 bits per heavy atom. The highest BCUT2D eigenvalue weighted by Crippen LogP contribution is 2.16. The Morgan fingerprint density at radius 3 is 3.00 bits per heavy atom. The van der Waals surface area contributed by atoms with Gasteiger partial charge in [0.05, 0.1) is 5.52 Å². The number of para-hydroxylation sites is 1. The van der Waals surface area contributed by atoms with Gasteiger partial charge >= 0.3 is 5.76 Å². The van der Waals surface area contributed by atoms with Crippen LogP contribution in [-0.4, -0.2) is 13.7 Å². The van der Waals surface area contributed by atoms with E-state index in [1.54, 1.807) is 18.2 Å². The fraction of sp³-hybridized carbons (Fsp3) is 0. The van der Waals surface area contributed by atoms with E-state index in [2.05, 4.69) is 4.98 Å². The maximum absolute atomic E-state index is 10.9. The standard InChI is InChI=1S/C9H7NO4S/c11-9-10-7-3-1-2-6(8(7)14-9)4-5-15(12)13/h1-5H,(H,10,11)(H,12,13)/b5-4+. The minimum atomic E-state index is -2.01. The summed E-state index contributed by atoms with van der Waals surface area (Å²) in [5.41, 5.74) is 1.52. The number of fused-ring (bicyclic) bond motifs is 1. The molecule has 6 heteroatoms. The van der Waals surface area contributed by atoms with E-state index in [-0.39, 0.29) is 0 Å². The van der Waals surface area contributed by atoms with Gasteiger partial charge in [0.1, 0.15) is 0 Å². The highest BCUT2D eigenvalue weighted by molar-refractivity contribution is 7.82. The monoisotopic (exact) mass is 225 g/mol. The Bertz CT molecular complexity index is 595. The van der Waals surface area contributed by atoms with Crippen LogP contribution in [0.2, 0.25) is 0 Å². The maximum atomic E-state index is 10.9. The summed E-state index contributed by atoms with van der Waals surface area (Å²) in [5, 5.41) is 1.10. The number of hydrogen-bond donors (Lipinski definition) is 2. The lowest BCUT2D eigenvalue weighted by Gasteiger charge is -1.92. The summed E-state index contributed by atoms with van der Waals surface area (Å²) in [6.07, 6.45) is 1.43. The summed E-state index contributed by atoms with van der Waals surface area (Å²) in [6.45, 7) is 0. The van der Waals surface area contributed by atoms with E-state index in [1.165, 1.54) is 6.08 Å². The number of benzene rings is 1. The zero-order chi connectivity index (χ0) is 10.8. The average molecular weight is 225 g/mol. The van der Waals surface area contributed by atoms with Crippen LogP contribution in [0.4, 0.5) is 0 Å². The van der Waals surface area contributed by atoms with Crippen molar-refractivity contribution in [2.24, 2.45) is 0 Å². The van der Waals surface area contributed by atoms with E-state index >= 15 is 0 Å². The molecule has 1 heterocycles. The first-order valence-corrected chi connectivity index (χ1v) is 5.23. The Labute approximate surface area is 86.7 Å². The molecule has 0 spiro atoms. The van der Waals surface area contributed by atoms with Gasteiger partial charge in [-0.15, -0.1) is 0 Å². The van der Waals surface area contributed by atoms with Crippen LogP contribution < -0.4 is 5.76 Å². The van der Waals surface area contributed by atoms with Gasteiger partial charge in [0.25, 0.3) is 0 Å². The summed E-state index contributed by atoms with van der Waals surface area (Å²) in [6, 6.07) is 5.09. The highest BCUT2D eigenvalue weighted by Gasteiger charge is 2.03. The molecular weight excluding hydrogens is 218 g/mol. The lowest BCUT2D eigenvalue weighted by Crippen LogP contribution is -1.92. The minimum Gasteiger partial charge on any atom is -0.407 e. The lowest BCUT2D eigenvalue weighted by atomic mass is 10.2. The predicted molar refractivity (Wildman–Crippen MR) is 56.6 cm³/mol. The molecule has 0 aliphatic carbocycles. The molecule has 78 valence electrons. The van der Waals surface area contributed by atoms with Crippen molar-refractivity contribution in [3.63, 3.8) is 0 Å². The molecule has 2 rings (SSSR count). The number of H-pyrrole nitrogens is 1. The van der Waals surface area contributed by atoms with Crippen molar-refractivity contribution in [2.75, 3.05) is 0 Å². The van der Waals surface area contributed by atoms with Crippen LogP contribution in [0.3, 0.4) is 0 Å². The normalized spacial score (nSPS) is 13.7. The molecule has 1 atom stereocenters. The van der Waals surface area contributed by atoms with Crippen LogP contribution in [0.15, 0.2) is 32.8 Å². The molecule has 2 aromatic rings. The SMILES string of the molecule is O=c1[nH]c2cccc(/C=C/S(=O)O)c2o1. The van der Waals surface area contributed by atoms with Crippen molar-refractivity contribution in [3.05, 3.63) is 39.7 Å². The molecule has 5 nitrogen and oxygen atoms in total. The van der Waals surface area contributed by atoms with Crippen molar-refractivity contribution in [3.8, 4) is 0 Å². The number of aromatic amines is 1. The summed E-state index contributed by atoms with van der Waals surface area (Å²) in [5.74, 6) is -0.545. The molecule has 0 saturated heterocycles. The van der Waals surface area contributed by atoms with Crippen molar-refractivity contribution in [1.29, 1.82) is 0 Å². The predicted octanol–water partition coefficient (Wildman–Crippen LogP) is 1.31. The van der Waals surface area contributed by atoms with E-state index < -0.39 is 16.8 Å². The van der Waals surface area contributed by atoms with Crippen LogP contribution in [0, 0.1) is 0 Å². The quantitative estimate of drug-likeness (QED) is 0.755. The molecule has 0 aliphatic heterocycles. The second-order valence-corrected chi connectivity index (χ2v) is 3.64. The third-order valence-corrected chi connectivity index (χ3v) is 2.21. The molecule has 0 aliphatic rings. The molecule has 0 bridgehead atoms. The summed E-state index contributed by atoms with van der Waals surface area (Å²) >= 11 is -2.01. The van der Waals surface area contributed by atoms with Gasteiger partial charge in [0.2, 0.25) is 0 Å². The van der Waals surface area contributed by atoms with Gasteiger partial charge in [-0.05, 0) is 12.1 Å². The minimum absolute atomic E-state index is 0.379. The largest absolute Gasteiger partial charge is 0.417 e. The first kappa shape index (κ1) is 9.88. The number of rotatable bonds is 2. The van der Waals surface area contributed by atoms with E-state index in [0.29, 0.717) is 16.7 Å². The van der Waals surface area contributed by atoms with Crippen LogP contribution in [0.25, 0.3) is 17.2 Å². The summed E-state index contributed by atoms with van der Waals surface area (Å²) in [7, 11) is 0. The fourth-order valence-corrected chi connectivity index (χ4v) is 1.52. The third-order valence-electron chi connectivity index (χ3n) is 1.84. The molecule has 1 unspecified atom stereocenters. The molecular formula is C9H7NO4S. The Balaban J connectivity index is 2.60. The Kier molecular flexibility index (Phi) is 2.53. The smallest absolute Gasteiger partial charge is 0.407 e. The highest BCUT2D eigenvalue weighted by atomic mass is 32.2. The maximum Gasteiger partial charge on any atom is 0.417 e. The van der Waals surface area contributed by atoms with Gasteiger partial charge in [-0.25, -0.2) is 9.00 Å². The second kappa shape index (κ2) is 3.84. The molecule has 0 radical (unpaired) electrons. The summed E-state index contributed by atoms with van der Waals surface area (Å²) < 4.78 is 23.9. The van der Waals surface area contributed by atoms with Gasteiger partial charge < -0.3 is 8.97 Å². The number of nitrogens with one attached hydrogen (secondary N) is 1. The van der Waals surface area contributed by atoms with Crippen molar-refractivity contribution < 1.29 is 13.2 Å². The average Bonchev–Trinajstić information content (AvgIpc) is 2.55. The fourth-order valence-electron chi connectivity index (χ4n) is 1.26. The van der Waals surface area contributed by atoms with Crippen molar-refractivity contribution in [1.82, 2.24) is 4.98 Å². The molecule has 0 saturated carbocycles. The third kappa shape index (κ3) is 2.05. The van der Waals surface area contributed by atoms with Gasteiger partial charge in [-0.1, -0.05) is 12.1 Å². The van der Waals surface area contributed by atoms with E-state index in [4.69, 9.17) is 8.97 Å². The van der Waals surface area contributed by atoms with Crippen molar-refractivity contribution in [2.45, 2.75) is 0 Å². The Morgan fingerprint density at radius 1 is 1.47 bits per heavy atom. The van der Waals surface area contributed by atoms with E-state index in [9.17, 15) is 9.00 Å². The summed E-state index contributed by atoms with van der Waals surface area (Å²) in [4.78, 5) is 13.4. The van der Waals surface area contributed by atoms with Gasteiger partial charge in [-0.3, -0.25) is 4.98 Å².